The Bertz CT molecular complexity index is 475. The fourth-order valence-corrected chi connectivity index (χ4v) is 2.34. The molecule has 0 aliphatic heterocycles. The van der Waals surface area contributed by atoms with Crippen LogP contribution in [0.2, 0.25) is 0 Å². The van der Waals surface area contributed by atoms with Crippen LogP contribution in [0.4, 0.5) is 0 Å². The standard InChI is InChI=1S/C16H28N4O/c1-13(6-5-9-17-14-7-8-14)16-15(21-4)12-18-20(16)11-10-19(2)3/h6,12,14,17H,5,7-11H2,1-4H3. The number of hydrogen-bond acceptors (Lipinski definition) is 4. The van der Waals surface area contributed by atoms with Crippen LogP contribution in [0.3, 0.4) is 0 Å². The van der Waals surface area contributed by atoms with Crippen molar-refractivity contribution in [3.8, 4) is 5.75 Å². The third-order valence-electron chi connectivity index (χ3n) is 3.76. The maximum absolute atomic E-state index is 5.46. The van der Waals surface area contributed by atoms with Gasteiger partial charge in [-0.25, -0.2) is 0 Å². The van der Waals surface area contributed by atoms with Gasteiger partial charge < -0.3 is 15.0 Å². The first-order chi connectivity index (χ1) is 10.1. The van der Waals surface area contributed by atoms with Gasteiger partial charge in [-0.15, -0.1) is 0 Å². The first kappa shape index (κ1) is 16.0. The van der Waals surface area contributed by atoms with E-state index < -0.39 is 0 Å². The van der Waals surface area contributed by atoms with Crippen molar-refractivity contribution >= 4 is 5.57 Å². The predicted octanol–water partition coefficient (Wildman–Crippen LogP) is 2.00. The van der Waals surface area contributed by atoms with Crippen molar-refractivity contribution in [3.63, 3.8) is 0 Å². The Kier molecular flexibility index (Phi) is 5.82. The summed E-state index contributed by atoms with van der Waals surface area (Å²) >= 11 is 0. The highest BCUT2D eigenvalue weighted by Gasteiger charge is 2.19. The van der Waals surface area contributed by atoms with Crippen molar-refractivity contribution in [2.24, 2.45) is 0 Å². The lowest BCUT2D eigenvalue weighted by molar-refractivity contribution is 0.370. The third kappa shape index (κ3) is 4.86. The predicted molar refractivity (Wildman–Crippen MR) is 86.6 cm³/mol. The van der Waals surface area contributed by atoms with Gasteiger partial charge in [0, 0.05) is 12.6 Å². The molecule has 1 aromatic heterocycles. The van der Waals surface area contributed by atoms with E-state index in [4.69, 9.17) is 4.74 Å². The van der Waals surface area contributed by atoms with Crippen LogP contribution < -0.4 is 10.1 Å². The molecule has 1 N–H and O–H groups in total. The molecule has 2 rings (SSSR count). The first-order valence-corrected chi connectivity index (χ1v) is 7.77. The fraction of sp³-hybridized carbons (Fsp3) is 0.688. The zero-order valence-electron chi connectivity index (χ0n) is 13.7. The van der Waals surface area contributed by atoms with Gasteiger partial charge in [-0.2, -0.15) is 5.10 Å². The highest BCUT2D eigenvalue weighted by Crippen LogP contribution is 2.26. The van der Waals surface area contributed by atoms with Gasteiger partial charge in [-0.3, -0.25) is 4.68 Å². The quantitative estimate of drug-likeness (QED) is 0.707. The van der Waals surface area contributed by atoms with Crippen molar-refractivity contribution < 1.29 is 4.74 Å². The monoisotopic (exact) mass is 292 g/mol. The van der Waals surface area contributed by atoms with Gasteiger partial charge in [0.1, 0.15) is 5.69 Å². The van der Waals surface area contributed by atoms with Gasteiger partial charge in [0.25, 0.3) is 0 Å². The minimum Gasteiger partial charge on any atom is -0.493 e. The van der Waals surface area contributed by atoms with Crippen molar-refractivity contribution in [1.82, 2.24) is 20.0 Å². The molecule has 1 fully saturated rings. The molecule has 0 bridgehead atoms. The van der Waals surface area contributed by atoms with Gasteiger partial charge in [0.2, 0.25) is 0 Å². The molecule has 1 saturated carbocycles. The van der Waals surface area contributed by atoms with Crippen LogP contribution in [-0.2, 0) is 6.54 Å². The number of ether oxygens (including phenoxy) is 1. The number of nitrogens with zero attached hydrogens (tertiary/aromatic N) is 3. The van der Waals surface area contributed by atoms with E-state index in [1.54, 1.807) is 7.11 Å². The summed E-state index contributed by atoms with van der Waals surface area (Å²) < 4.78 is 7.50. The lowest BCUT2D eigenvalue weighted by Crippen LogP contribution is -2.20. The summed E-state index contributed by atoms with van der Waals surface area (Å²) in [6, 6.07) is 0.777. The molecule has 1 aliphatic rings. The van der Waals surface area contributed by atoms with Gasteiger partial charge in [-0.05, 0) is 52.4 Å². The number of hydrogen-bond donors (Lipinski definition) is 1. The number of aromatic nitrogens is 2. The van der Waals surface area contributed by atoms with Crippen LogP contribution in [0, 0.1) is 0 Å². The second-order valence-electron chi connectivity index (χ2n) is 5.99. The normalized spacial score (nSPS) is 15.8. The van der Waals surface area contributed by atoms with Crippen molar-refractivity contribution in [2.45, 2.75) is 38.8 Å². The second kappa shape index (κ2) is 7.61. The molecule has 21 heavy (non-hydrogen) atoms. The molecule has 5 heteroatoms. The molecular weight excluding hydrogens is 264 g/mol. The summed E-state index contributed by atoms with van der Waals surface area (Å²) in [5.74, 6) is 0.859. The number of likely N-dealkylation sites (N-methyl/N-ethyl adjacent to an activating group) is 1. The van der Waals surface area contributed by atoms with Gasteiger partial charge >= 0.3 is 0 Å². The largest absolute Gasteiger partial charge is 0.493 e. The lowest BCUT2D eigenvalue weighted by atomic mass is 10.1. The van der Waals surface area contributed by atoms with E-state index in [-0.39, 0.29) is 0 Å². The van der Waals surface area contributed by atoms with E-state index in [1.165, 1.54) is 18.4 Å². The maximum Gasteiger partial charge on any atom is 0.164 e. The highest BCUT2D eigenvalue weighted by molar-refractivity contribution is 5.65. The lowest BCUT2D eigenvalue weighted by Gasteiger charge is -2.13. The zero-order chi connectivity index (χ0) is 15.2. The Balaban J connectivity index is 1.99. The highest BCUT2D eigenvalue weighted by atomic mass is 16.5. The number of nitrogens with one attached hydrogen (secondary N) is 1. The summed E-state index contributed by atoms with van der Waals surface area (Å²) in [5.41, 5.74) is 2.34. The average molecular weight is 292 g/mol. The summed E-state index contributed by atoms with van der Waals surface area (Å²) in [6.07, 6.45) is 7.82. The maximum atomic E-state index is 5.46. The Morgan fingerprint density at radius 2 is 2.29 bits per heavy atom. The van der Waals surface area contributed by atoms with Crippen LogP contribution in [0.1, 0.15) is 31.9 Å². The molecule has 118 valence electrons. The summed E-state index contributed by atoms with van der Waals surface area (Å²) in [4.78, 5) is 2.16. The molecule has 0 saturated heterocycles. The Morgan fingerprint density at radius 1 is 1.52 bits per heavy atom. The van der Waals surface area contributed by atoms with Crippen molar-refractivity contribution in [1.29, 1.82) is 0 Å². The molecular formula is C16H28N4O. The van der Waals surface area contributed by atoms with Crippen LogP contribution in [-0.4, -0.2) is 55.0 Å². The number of allylic oxidation sites excluding steroid dienone is 1. The SMILES string of the molecule is COc1cnn(CCN(C)C)c1C(C)=CCCNC1CC1. The first-order valence-electron chi connectivity index (χ1n) is 7.77. The third-order valence-corrected chi connectivity index (χ3v) is 3.76. The van der Waals surface area contributed by atoms with E-state index in [0.29, 0.717) is 0 Å². The molecule has 5 nitrogen and oxygen atoms in total. The van der Waals surface area contributed by atoms with Gasteiger partial charge in [-0.1, -0.05) is 6.08 Å². The molecule has 1 aromatic rings. The van der Waals surface area contributed by atoms with E-state index >= 15 is 0 Å². The number of methoxy groups -OCH3 is 1. The second-order valence-corrected chi connectivity index (χ2v) is 5.99. The molecule has 1 heterocycles. The number of rotatable bonds is 9. The van der Waals surface area contributed by atoms with E-state index in [9.17, 15) is 0 Å². The Labute approximate surface area is 128 Å². The van der Waals surface area contributed by atoms with Crippen LogP contribution in [0.25, 0.3) is 5.57 Å². The molecule has 1 aliphatic carbocycles. The van der Waals surface area contributed by atoms with Gasteiger partial charge in [0.15, 0.2) is 5.75 Å². The summed E-state index contributed by atoms with van der Waals surface area (Å²) in [7, 11) is 5.86. The van der Waals surface area contributed by atoms with Crippen LogP contribution in [0.15, 0.2) is 12.3 Å². The Morgan fingerprint density at radius 3 is 2.90 bits per heavy atom. The van der Waals surface area contributed by atoms with E-state index in [1.807, 2.05) is 10.9 Å². The molecule has 0 aromatic carbocycles. The Hall–Kier alpha value is -1.33. The summed E-state index contributed by atoms with van der Waals surface area (Å²) in [5, 5.41) is 7.99. The van der Waals surface area contributed by atoms with Crippen LogP contribution in [0.5, 0.6) is 5.75 Å². The fourth-order valence-electron chi connectivity index (χ4n) is 2.34. The smallest absolute Gasteiger partial charge is 0.164 e. The van der Waals surface area contributed by atoms with Gasteiger partial charge in [0.05, 0.1) is 19.9 Å². The van der Waals surface area contributed by atoms with Crippen molar-refractivity contribution in [2.75, 3.05) is 34.3 Å². The minimum absolute atomic E-state index is 0.777. The summed E-state index contributed by atoms with van der Waals surface area (Å²) in [6.45, 7) is 5.03. The molecule has 0 spiro atoms. The molecule has 0 unspecified atom stereocenters. The molecule has 0 radical (unpaired) electrons. The topological polar surface area (TPSA) is 42.3 Å². The molecule has 0 atom stereocenters. The van der Waals surface area contributed by atoms with E-state index in [2.05, 4.69) is 42.4 Å². The van der Waals surface area contributed by atoms with E-state index in [0.717, 1.165) is 43.5 Å². The minimum atomic E-state index is 0.777. The average Bonchev–Trinajstić information content (AvgIpc) is 3.18. The molecule has 0 amide bonds. The van der Waals surface area contributed by atoms with Crippen molar-refractivity contribution in [3.05, 3.63) is 18.0 Å². The van der Waals surface area contributed by atoms with Crippen LogP contribution >= 0.6 is 0 Å². The zero-order valence-corrected chi connectivity index (χ0v) is 13.7.